The summed E-state index contributed by atoms with van der Waals surface area (Å²) in [5, 5.41) is 0. The zero-order valence-corrected chi connectivity index (χ0v) is 53.5. The van der Waals surface area contributed by atoms with Crippen molar-refractivity contribution in [2.75, 3.05) is 13.2 Å². The van der Waals surface area contributed by atoms with Crippen LogP contribution in [0.3, 0.4) is 0 Å². The molecule has 0 spiro atoms. The van der Waals surface area contributed by atoms with Crippen LogP contribution >= 0.6 is 0 Å². The van der Waals surface area contributed by atoms with Gasteiger partial charge in [0.1, 0.15) is 13.2 Å². The van der Waals surface area contributed by atoms with Crippen LogP contribution in [0.25, 0.3) is 0 Å². The number of carbonyl (C=O) groups is 3. The Morgan fingerprint density at radius 2 is 0.481 bits per heavy atom. The van der Waals surface area contributed by atoms with Gasteiger partial charge in [0.2, 0.25) is 0 Å². The van der Waals surface area contributed by atoms with Crippen molar-refractivity contribution in [2.45, 2.75) is 348 Å². The van der Waals surface area contributed by atoms with Crippen LogP contribution < -0.4 is 0 Å². The molecule has 1 unspecified atom stereocenters. The number of allylic oxidation sites excluding steroid dienone is 16. The SMILES string of the molecule is CC/C=C\C/C=C\C/C=C\C/C=C\CCCCCCCCCCCCCCCCCCC(=O)OCC(COC(=O)CCCCCCCCCCC)OC(=O)CCCCCCCCCCCCCC/C=C\C/C=C\C/C=C\C/C=C\CC. The average Bonchev–Trinajstić information content (AvgIpc) is 3.47. The Labute approximate surface area is 502 Å². The summed E-state index contributed by atoms with van der Waals surface area (Å²) >= 11 is 0. The van der Waals surface area contributed by atoms with Gasteiger partial charge in [0.05, 0.1) is 0 Å². The van der Waals surface area contributed by atoms with Gasteiger partial charge >= 0.3 is 17.9 Å². The van der Waals surface area contributed by atoms with Crippen LogP contribution in [0.4, 0.5) is 0 Å². The molecule has 0 aromatic rings. The Morgan fingerprint density at radius 1 is 0.259 bits per heavy atom. The fourth-order valence-corrected chi connectivity index (χ4v) is 9.96. The van der Waals surface area contributed by atoms with E-state index in [2.05, 4.69) is 118 Å². The number of ether oxygens (including phenoxy) is 3. The molecule has 0 aromatic heterocycles. The average molecular weight is 1130 g/mol. The summed E-state index contributed by atoms with van der Waals surface area (Å²) in [5.41, 5.74) is 0. The molecule has 0 fully saturated rings. The lowest BCUT2D eigenvalue weighted by molar-refractivity contribution is -0.167. The van der Waals surface area contributed by atoms with E-state index in [-0.39, 0.29) is 31.1 Å². The van der Waals surface area contributed by atoms with Gasteiger partial charge in [0.15, 0.2) is 6.10 Å². The Bertz CT molecular complexity index is 1580. The van der Waals surface area contributed by atoms with Gasteiger partial charge in [0, 0.05) is 19.3 Å². The Balaban J connectivity index is 4.14. The predicted molar refractivity (Wildman–Crippen MR) is 353 cm³/mol. The number of rotatable bonds is 63. The Hall–Kier alpha value is -3.67. The largest absolute Gasteiger partial charge is 0.462 e. The molecule has 0 N–H and O–H groups in total. The number of esters is 3. The summed E-state index contributed by atoms with van der Waals surface area (Å²) in [5.74, 6) is -0.862. The molecular weight excluding hydrogens is 997 g/mol. The minimum absolute atomic E-state index is 0.0735. The first-order chi connectivity index (χ1) is 40.0. The second-order valence-corrected chi connectivity index (χ2v) is 23.0. The third-order valence-electron chi connectivity index (χ3n) is 15.1. The fourth-order valence-electron chi connectivity index (χ4n) is 9.96. The highest BCUT2D eigenvalue weighted by molar-refractivity contribution is 5.71. The molecular formula is C75H130O6. The van der Waals surface area contributed by atoms with Gasteiger partial charge in [-0.05, 0) is 96.3 Å². The molecule has 0 aliphatic heterocycles. The second-order valence-electron chi connectivity index (χ2n) is 23.0. The van der Waals surface area contributed by atoms with Gasteiger partial charge in [-0.1, -0.05) is 323 Å². The van der Waals surface area contributed by atoms with Crippen LogP contribution in [0, 0.1) is 0 Å². The number of unbranched alkanes of at least 4 members (excludes halogenated alkanes) is 36. The highest BCUT2D eigenvalue weighted by Gasteiger charge is 2.19. The lowest BCUT2D eigenvalue weighted by Crippen LogP contribution is -2.30. The predicted octanol–water partition coefficient (Wildman–Crippen LogP) is 24.0. The molecule has 0 aliphatic rings. The number of hydrogen-bond acceptors (Lipinski definition) is 6. The van der Waals surface area contributed by atoms with Crippen molar-refractivity contribution in [1.29, 1.82) is 0 Å². The van der Waals surface area contributed by atoms with E-state index in [0.717, 1.165) is 109 Å². The maximum absolute atomic E-state index is 12.9. The van der Waals surface area contributed by atoms with E-state index in [1.54, 1.807) is 0 Å². The normalized spacial score (nSPS) is 12.7. The van der Waals surface area contributed by atoms with Gasteiger partial charge in [0.25, 0.3) is 0 Å². The van der Waals surface area contributed by atoms with Gasteiger partial charge < -0.3 is 14.2 Å². The molecule has 466 valence electrons. The molecule has 0 heterocycles. The topological polar surface area (TPSA) is 78.9 Å². The van der Waals surface area contributed by atoms with Crippen LogP contribution in [-0.2, 0) is 28.6 Å². The summed E-state index contributed by atoms with van der Waals surface area (Å²) in [6.45, 7) is 6.43. The van der Waals surface area contributed by atoms with Gasteiger partial charge in [-0.3, -0.25) is 14.4 Å². The van der Waals surface area contributed by atoms with E-state index in [9.17, 15) is 14.4 Å². The van der Waals surface area contributed by atoms with Crippen LogP contribution in [-0.4, -0.2) is 37.2 Å². The van der Waals surface area contributed by atoms with E-state index in [1.807, 2.05) is 0 Å². The molecule has 0 rings (SSSR count). The zero-order chi connectivity index (χ0) is 58.5. The lowest BCUT2D eigenvalue weighted by Gasteiger charge is -2.18. The van der Waals surface area contributed by atoms with Crippen LogP contribution in [0.2, 0.25) is 0 Å². The minimum atomic E-state index is -0.776. The maximum Gasteiger partial charge on any atom is 0.306 e. The van der Waals surface area contributed by atoms with E-state index in [4.69, 9.17) is 14.2 Å². The van der Waals surface area contributed by atoms with Crippen LogP contribution in [0.5, 0.6) is 0 Å². The van der Waals surface area contributed by atoms with E-state index in [1.165, 1.54) is 193 Å². The van der Waals surface area contributed by atoms with Gasteiger partial charge in [-0.15, -0.1) is 0 Å². The van der Waals surface area contributed by atoms with Crippen molar-refractivity contribution in [1.82, 2.24) is 0 Å². The summed E-state index contributed by atoms with van der Waals surface area (Å²) < 4.78 is 16.9. The Morgan fingerprint density at radius 3 is 0.753 bits per heavy atom. The molecule has 81 heavy (non-hydrogen) atoms. The third-order valence-corrected chi connectivity index (χ3v) is 15.1. The van der Waals surface area contributed by atoms with E-state index in [0.29, 0.717) is 19.3 Å². The smallest absolute Gasteiger partial charge is 0.306 e. The Kier molecular flexibility index (Phi) is 65.7. The molecule has 0 aliphatic carbocycles. The van der Waals surface area contributed by atoms with Crippen molar-refractivity contribution in [3.8, 4) is 0 Å². The number of hydrogen-bond donors (Lipinski definition) is 0. The molecule has 0 saturated heterocycles. The zero-order valence-electron chi connectivity index (χ0n) is 53.5. The molecule has 6 nitrogen and oxygen atoms in total. The van der Waals surface area contributed by atoms with Crippen LogP contribution in [0.15, 0.2) is 97.2 Å². The maximum atomic E-state index is 12.9. The number of carbonyl (C=O) groups excluding carboxylic acids is 3. The van der Waals surface area contributed by atoms with E-state index < -0.39 is 6.10 Å². The molecule has 1 atom stereocenters. The molecule has 0 amide bonds. The summed E-state index contributed by atoms with van der Waals surface area (Å²) in [6, 6.07) is 0. The molecule has 0 aromatic carbocycles. The van der Waals surface area contributed by atoms with E-state index >= 15 is 0 Å². The first-order valence-electron chi connectivity index (χ1n) is 34.7. The minimum Gasteiger partial charge on any atom is -0.462 e. The first-order valence-corrected chi connectivity index (χ1v) is 34.7. The molecule has 0 saturated carbocycles. The second kappa shape index (κ2) is 68.8. The van der Waals surface area contributed by atoms with Crippen molar-refractivity contribution >= 4 is 17.9 Å². The van der Waals surface area contributed by atoms with Crippen molar-refractivity contribution in [3.05, 3.63) is 97.2 Å². The van der Waals surface area contributed by atoms with Gasteiger partial charge in [-0.25, -0.2) is 0 Å². The fraction of sp³-hybridized carbons (Fsp3) is 0.747. The molecule has 6 heteroatoms. The standard InChI is InChI=1S/C75H130O6/c1-4-7-10-13-16-19-21-23-25-27-29-31-33-35-36-37-38-40-41-43-45-47-49-51-53-56-59-62-65-68-74(77)80-71-72(70-79-73(76)67-64-61-58-55-18-15-12-9-6-3)81-75(78)69-66-63-60-57-54-52-50-48-46-44-42-39-34-32-30-28-26-24-22-20-17-14-11-8-5-2/h7-8,10-11,16-17,19-20,23-26,29-32,72H,4-6,9,12-15,18,21-22,27-28,33-71H2,1-3H3/b10-7-,11-8-,19-16-,20-17-,25-23-,26-24-,31-29-,32-30-. The van der Waals surface area contributed by atoms with Crippen molar-refractivity contribution in [2.24, 2.45) is 0 Å². The van der Waals surface area contributed by atoms with Crippen molar-refractivity contribution < 1.29 is 28.6 Å². The summed E-state index contributed by atoms with van der Waals surface area (Å²) in [7, 11) is 0. The molecule has 0 bridgehead atoms. The third kappa shape index (κ3) is 67.0. The quantitative estimate of drug-likeness (QED) is 0.0261. The molecule has 0 radical (unpaired) electrons. The first kappa shape index (κ1) is 77.3. The van der Waals surface area contributed by atoms with Crippen LogP contribution in [0.1, 0.15) is 342 Å². The van der Waals surface area contributed by atoms with Crippen molar-refractivity contribution in [3.63, 3.8) is 0 Å². The summed E-state index contributed by atoms with van der Waals surface area (Å²) in [6.07, 6.45) is 93.0. The van der Waals surface area contributed by atoms with Gasteiger partial charge in [-0.2, -0.15) is 0 Å². The highest BCUT2D eigenvalue weighted by Crippen LogP contribution is 2.18. The monoisotopic (exact) mass is 1130 g/mol. The highest BCUT2D eigenvalue weighted by atomic mass is 16.6. The summed E-state index contributed by atoms with van der Waals surface area (Å²) in [4.78, 5) is 38.3. The lowest BCUT2D eigenvalue weighted by atomic mass is 10.0.